The van der Waals surface area contributed by atoms with Crippen LogP contribution in [0.15, 0.2) is 206 Å². The van der Waals surface area contributed by atoms with Crippen molar-refractivity contribution in [3.8, 4) is 90.1 Å². The number of aromatic nitrogens is 5. The van der Waals surface area contributed by atoms with Crippen LogP contribution in [0.25, 0.3) is 102 Å². The van der Waals surface area contributed by atoms with Crippen molar-refractivity contribution in [2.45, 2.75) is 13.8 Å². The summed E-state index contributed by atoms with van der Waals surface area (Å²) >= 11 is 0. The van der Waals surface area contributed by atoms with Crippen molar-refractivity contribution < 1.29 is 0 Å². The zero-order valence-electron chi connectivity index (χ0n) is 33.9. The van der Waals surface area contributed by atoms with Crippen molar-refractivity contribution in [3.05, 3.63) is 218 Å². The second-order valence-corrected chi connectivity index (χ2v) is 15.1. The molecule has 3 heterocycles. The highest BCUT2D eigenvalue weighted by Gasteiger charge is 2.17. The molecule has 0 unspecified atom stereocenters. The van der Waals surface area contributed by atoms with Crippen molar-refractivity contribution in [2.75, 3.05) is 0 Å². The van der Waals surface area contributed by atoms with E-state index in [1.165, 1.54) is 16.7 Å². The van der Waals surface area contributed by atoms with E-state index in [9.17, 15) is 0 Å². The number of allylic oxidation sites excluding steroid dienone is 1. The molecule has 7 aromatic carbocycles. The monoisotopic (exact) mass is 783 g/mol. The molecule has 0 aliphatic heterocycles. The van der Waals surface area contributed by atoms with Gasteiger partial charge >= 0.3 is 0 Å². The van der Waals surface area contributed by atoms with Crippen LogP contribution in [0.5, 0.6) is 0 Å². The van der Waals surface area contributed by atoms with E-state index in [2.05, 4.69) is 206 Å². The van der Waals surface area contributed by atoms with E-state index in [1.807, 2.05) is 24.3 Å². The van der Waals surface area contributed by atoms with Gasteiger partial charge in [-0.1, -0.05) is 188 Å². The number of hydrogen-bond acceptors (Lipinski definition) is 4. The third-order valence-electron chi connectivity index (χ3n) is 11.2. The highest BCUT2D eigenvalue weighted by atomic mass is 15.0. The normalized spacial score (nSPS) is 11.4. The summed E-state index contributed by atoms with van der Waals surface area (Å²) in [5.41, 5.74) is 17.1. The fourth-order valence-corrected chi connectivity index (χ4v) is 8.05. The molecule has 61 heavy (non-hydrogen) atoms. The van der Waals surface area contributed by atoms with Crippen LogP contribution < -0.4 is 0 Å². The second kappa shape index (κ2) is 16.3. The number of pyridine rings is 1. The summed E-state index contributed by atoms with van der Waals surface area (Å²) in [6.45, 7) is 4.21. The van der Waals surface area contributed by atoms with Crippen LogP contribution in [0.4, 0.5) is 0 Å². The molecule has 0 aliphatic carbocycles. The topological polar surface area (TPSA) is 56.0 Å². The Balaban J connectivity index is 1.03. The Morgan fingerprint density at radius 3 is 1.54 bits per heavy atom. The highest BCUT2D eigenvalue weighted by Crippen LogP contribution is 2.36. The van der Waals surface area contributed by atoms with Gasteiger partial charge in [-0.15, -0.1) is 0 Å². The van der Waals surface area contributed by atoms with E-state index in [0.29, 0.717) is 17.5 Å². The van der Waals surface area contributed by atoms with Crippen LogP contribution in [-0.2, 0) is 0 Å². The maximum atomic E-state index is 5.14. The first kappa shape index (κ1) is 37.3. The van der Waals surface area contributed by atoms with Crippen molar-refractivity contribution in [3.63, 3.8) is 0 Å². The van der Waals surface area contributed by atoms with Gasteiger partial charge in [0.25, 0.3) is 0 Å². The van der Waals surface area contributed by atoms with E-state index < -0.39 is 0 Å². The van der Waals surface area contributed by atoms with Crippen LogP contribution in [-0.4, -0.2) is 24.3 Å². The van der Waals surface area contributed by atoms with Gasteiger partial charge in [-0.3, -0.25) is 4.40 Å². The van der Waals surface area contributed by atoms with E-state index in [4.69, 9.17) is 19.9 Å². The molecular weight excluding hydrogens is 743 g/mol. The molecule has 3 aromatic heterocycles. The molecule has 0 radical (unpaired) electrons. The molecular formula is C56H41N5. The largest absolute Gasteiger partial charge is 0.299 e. The first-order chi connectivity index (χ1) is 30.1. The number of fused-ring (bicyclic) bond motifs is 1. The standard InChI is InChI=1S/C56H41N5/c1-3-14-49-38(2)15-12-22-50(49)42-28-34-46(35-29-42)55-58-54(45-32-26-40(27-33-45)39-16-6-4-7-17-39)59-56(60-55)48-21-13-20-47(37-48)41-24-30-44(31-25-41)53-52(43-18-8-5-9-19-43)57-51-23-10-11-36-61(51)53/h3-37H,1-2H3/b14-3-. The quantitative estimate of drug-likeness (QED) is 0.146. The highest BCUT2D eigenvalue weighted by molar-refractivity contribution is 5.84. The lowest BCUT2D eigenvalue weighted by Crippen LogP contribution is -2.00. The average molecular weight is 784 g/mol. The molecule has 0 spiro atoms. The van der Waals surface area contributed by atoms with Crippen LogP contribution in [0.2, 0.25) is 0 Å². The number of rotatable bonds is 9. The van der Waals surface area contributed by atoms with Crippen LogP contribution in [0.3, 0.4) is 0 Å². The predicted molar refractivity (Wildman–Crippen MR) is 252 cm³/mol. The number of hydrogen-bond donors (Lipinski definition) is 0. The van der Waals surface area contributed by atoms with Gasteiger partial charge in [0.15, 0.2) is 17.5 Å². The Bertz CT molecular complexity index is 3170. The molecule has 0 atom stereocenters. The second-order valence-electron chi connectivity index (χ2n) is 15.1. The third kappa shape index (κ3) is 7.45. The van der Waals surface area contributed by atoms with Gasteiger partial charge in [-0.2, -0.15) is 0 Å². The van der Waals surface area contributed by atoms with Crippen LogP contribution in [0, 0.1) is 6.92 Å². The number of aryl methyl sites for hydroxylation is 1. The van der Waals surface area contributed by atoms with Crippen LogP contribution in [0.1, 0.15) is 18.1 Å². The third-order valence-corrected chi connectivity index (χ3v) is 11.2. The Morgan fingerprint density at radius 1 is 0.393 bits per heavy atom. The summed E-state index contributed by atoms with van der Waals surface area (Å²) in [5.74, 6) is 1.85. The summed E-state index contributed by atoms with van der Waals surface area (Å²) in [4.78, 5) is 20.4. The van der Waals surface area contributed by atoms with Gasteiger partial charge in [0.05, 0.1) is 11.4 Å². The number of nitrogens with zero attached hydrogens (tertiary/aromatic N) is 5. The lowest BCUT2D eigenvalue weighted by atomic mass is 9.95. The number of benzene rings is 7. The van der Waals surface area contributed by atoms with E-state index in [0.717, 1.165) is 72.7 Å². The molecule has 0 saturated carbocycles. The molecule has 5 nitrogen and oxygen atoms in total. The molecule has 0 aliphatic rings. The van der Waals surface area contributed by atoms with Gasteiger partial charge in [0.2, 0.25) is 0 Å². The Morgan fingerprint density at radius 2 is 0.885 bits per heavy atom. The molecule has 290 valence electrons. The smallest absolute Gasteiger partial charge is 0.164 e. The Hall–Kier alpha value is -8.02. The maximum Gasteiger partial charge on any atom is 0.164 e. The zero-order valence-corrected chi connectivity index (χ0v) is 33.9. The van der Waals surface area contributed by atoms with E-state index >= 15 is 0 Å². The Labute approximate surface area is 356 Å². The summed E-state index contributed by atoms with van der Waals surface area (Å²) in [6, 6.07) is 67.6. The SMILES string of the molecule is C/C=C\c1c(C)cccc1-c1ccc(-c2nc(-c3ccc(-c4ccccc4)cc3)nc(-c3cccc(-c4ccc(-c5c(-c6ccccc6)nc6ccccn56)cc4)c3)n2)cc1. The van der Waals surface area contributed by atoms with Crippen molar-refractivity contribution in [1.29, 1.82) is 0 Å². The minimum absolute atomic E-state index is 0.613. The molecule has 0 saturated heterocycles. The van der Waals surface area contributed by atoms with Crippen molar-refractivity contribution >= 4 is 11.7 Å². The van der Waals surface area contributed by atoms with Gasteiger partial charge < -0.3 is 0 Å². The predicted octanol–water partition coefficient (Wildman–Crippen LogP) is 14.2. The molecule has 0 N–H and O–H groups in total. The van der Waals surface area contributed by atoms with Gasteiger partial charge in [-0.05, 0) is 76.6 Å². The fraction of sp³-hybridized carbons (Fsp3) is 0.0357. The lowest BCUT2D eigenvalue weighted by Gasteiger charge is -2.12. The van der Waals surface area contributed by atoms with Crippen molar-refractivity contribution in [2.24, 2.45) is 0 Å². The zero-order chi connectivity index (χ0) is 41.1. The minimum Gasteiger partial charge on any atom is -0.299 e. The summed E-state index contributed by atoms with van der Waals surface area (Å²) in [5, 5.41) is 0. The Kier molecular flexibility index (Phi) is 9.97. The van der Waals surface area contributed by atoms with Gasteiger partial charge in [-0.25, -0.2) is 19.9 Å². The first-order valence-corrected chi connectivity index (χ1v) is 20.6. The van der Waals surface area contributed by atoms with Gasteiger partial charge in [0.1, 0.15) is 5.65 Å². The summed E-state index contributed by atoms with van der Waals surface area (Å²) in [6.07, 6.45) is 6.35. The summed E-state index contributed by atoms with van der Waals surface area (Å²) in [7, 11) is 0. The molecule has 10 rings (SSSR count). The van der Waals surface area contributed by atoms with E-state index in [-0.39, 0.29) is 0 Å². The number of imidazole rings is 1. The summed E-state index contributed by atoms with van der Waals surface area (Å²) < 4.78 is 2.17. The minimum atomic E-state index is 0.613. The first-order valence-electron chi connectivity index (χ1n) is 20.6. The molecule has 5 heteroatoms. The molecule has 0 fully saturated rings. The van der Waals surface area contributed by atoms with Crippen molar-refractivity contribution in [1.82, 2.24) is 24.3 Å². The van der Waals surface area contributed by atoms with Crippen LogP contribution >= 0.6 is 0 Å². The maximum absolute atomic E-state index is 5.14. The van der Waals surface area contributed by atoms with Gasteiger partial charge in [0, 0.05) is 34.0 Å². The van der Waals surface area contributed by atoms with E-state index in [1.54, 1.807) is 0 Å². The fourth-order valence-electron chi connectivity index (χ4n) is 8.05. The average Bonchev–Trinajstić information content (AvgIpc) is 3.73. The molecule has 10 aromatic rings. The lowest BCUT2D eigenvalue weighted by molar-refractivity contribution is 1.07. The molecule has 0 bridgehead atoms. The molecule has 0 amide bonds.